The summed E-state index contributed by atoms with van der Waals surface area (Å²) in [5.74, 6) is 1.66. The van der Waals surface area contributed by atoms with Crippen LogP contribution in [-0.2, 0) is 0 Å². The van der Waals surface area contributed by atoms with E-state index in [1.165, 1.54) is 32.7 Å². The minimum Gasteiger partial charge on any atom is -0.493 e. The maximum atomic E-state index is 9.29. The number of benzene rings is 7. The van der Waals surface area contributed by atoms with Gasteiger partial charge in [0.15, 0.2) is 0 Å². The third kappa shape index (κ3) is 9.20. The van der Waals surface area contributed by atoms with E-state index in [0.717, 1.165) is 96.2 Å². The molecule has 0 saturated carbocycles. The standard InChI is InChI=1S/C50H50O4/c51-27-9-1-3-11-29-53-49-35-48(46-22-14-20-42(34-46)44-26-24-38-16-6-8-18-40(38)32-44)50(54-30-12-4-2-10-28-52)36-47(49)45-21-13-19-41(33-45)43-25-23-37-15-5-7-17-39(37)31-43/h5-8,13-26,31-36,51-52H,1-4,9-12,27-30H2. The summed E-state index contributed by atoms with van der Waals surface area (Å²) < 4.78 is 13.4. The van der Waals surface area contributed by atoms with Crippen LogP contribution in [0.15, 0.2) is 146 Å². The summed E-state index contributed by atoms with van der Waals surface area (Å²) in [7, 11) is 0. The van der Waals surface area contributed by atoms with Crippen molar-refractivity contribution in [2.75, 3.05) is 26.4 Å². The number of rotatable bonds is 18. The molecule has 0 atom stereocenters. The molecule has 0 aliphatic heterocycles. The van der Waals surface area contributed by atoms with Gasteiger partial charge in [-0.3, -0.25) is 0 Å². The summed E-state index contributed by atoms with van der Waals surface area (Å²) in [5, 5.41) is 23.5. The summed E-state index contributed by atoms with van der Waals surface area (Å²) in [6.45, 7) is 1.63. The zero-order valence-electron chi connectivity index (χ0n) is 31.1. The molecule has 2 N–H and O–H groups in total. The minimum absolute atomic E-state index is 0.225. The number of fused-ring (bicyclic) bond motifs is 2. The van der Waals surface area contributed by atoms with E-state index >= 15 is 0 Å². The first-order valence-corrected chi connectivity index (χ1v) is 19.5. The summed E-state index contributed by atoms with van der Waals surface area (Å²) in [6.07, 6.45) is 7.44. The lowest BCUT2D eigenvalue weighted by atomic mass is 9.93. The Hall–Kier alpha value is -5.42. The highest BCUT2D eigenvalue weighted by atomic mass is 16.5. The van der Waals surface area contributed by atoms with E-state index in [2.05, 4.69) is 146 Å². The number of hydrogen-bond acceptors (Lipinski definition) is 4. The minimum atomic E-state index is 0.225. The van der Waals surface area contributed by atoms with Crippen LogP contribution in [0.4, 0.5) is 0 Å². The zero-order valence-corrected chi connectivity index (χ0v) is 31.1. The fourth-order valence-corrected chi connectivity index (χ4v) is 7.22. The van der Waals surface area contributed by atoms with Gasteiger partial charge >= 0.3 is 0 Å². The Balaban J connectivity index is 1.29. The van der Waals surface area contributed by atoms with Crippen LogP contribution >= 0.6 is 0 Å². The first-order valence-electron chi connectivity index (χ1n) is 19.5. The van der Waals surface area contributed by atoms with Crippen LogP contribution < -0.4 is 9.47 Å². The molecule has 0 heterocycles. The lowest BCUT2D eigenvalue weighted by Gasteiger charge is -2.19. The van der Waals surface area contributed by atoms with E-state index < -0.39 is 0 Å². The van der Waals surface area contributed by atoms with Gasteiger partial charge in [0.05, 0.1) is 13.2 Å². The summed E-state index contributed by atoms with van der Waals surface area (Å²) >= 11 is 0. The second-order valence-electron chi connectivity index (χ2n) is 14.1. The van der Waals surface area contributed by atoms with Gasteiger partial charge in [-0.25, -0.2) is 0 Å². The van der Waals surface area contributed by atoms with Gasteiger partial charge in [-0.05, 0) is 130 Å². The molecule has 7 rings (SSSR count). The van der Waals surface area contributed by atoms with Gasteiger partial charge in [-0.1, -0.05) is 122 Å². The molecule has 0 aromatic heterocycles. The maximum Gasteiger partial charge on any atom is 0.128 e. The molecule has 0 spiro atoms. The molecule has 7 aromatic rings. The largest absolute Gasteiger partial charge is 0.493 e. The Labute approximate surface area is 319 Å². The van der Waals surface area contributed by atoms with Crippen LogP contribution in [0.5, 0.6) is 11.5 Å². The lowest BCUT2D eigenvalue weighted by molar-refractivity contribution is 0.272. The molecule has 0 saturated heterocycles. The molecular weight excluding hydrogens is 665 g/mol. The van der Waals surface area contributed by atoms with Crippen molar-refractivity contribution >= 4 is 21.5 Å². The van der Waals surface area contributed by atoms with Crippen molar-refractivity contribution in [1.82, 2.24) is 0 Å². The second kappa shape index (κ2) is 18.6. The van der Waals surface area contributed by atoms with Crippen molar-refractivity contribution in [3.63, 3.8) is 0 Å². The molecule has 4 nitrogen and oxygen atoms in total. The first kappa shape index (κ1) is 36.9. The van der Waals surface area contributed by atoms with E-state index in [-0.39, 0.29) is 13.2 Å². The van der Waals surface area contributed by atoms with Gasteiger partial charge in [0.1, 0.15) is 11.5 Å². The van der Waals surface area contributed by atoms with Crippen molar-refractivity contribution in [3.05, 3.63) is 146 Å². The van der Waals surface area contributed by atoms with Crippen molar-refractivity contribution in [1.29, 1.82) is 0 Å². The fraction of sp³-hybridized carbons (Fsp3) is 0.240. The molecule has 7 aromatic carbocycles. The number of hydrogen-bond donors (Lipinski definition) is 2. The quantitative estimate of drug-likeness (QED) is 0.0869. The Bertz CT molecular complexity index is 2130. The number of unbranched alkanes of at least 4 members (excludes halogenated alkanes) is 6. The SMILES string of the molecule is OCCCCCCOc1cc(-c2cccc(-c3ccc4ccccc4c3)c2)c(OCCCCCCO)cc1-c1cccc(-c2ccc3ccccc3c2)c1. The highest BCUT2D eigenvalue weighted by Crippen LogP contribution is 2.43. The third-order valence-electron chi connectivity index (χ3n) is 10.2. The Kier molecular flexibility index (Phi) is 12.7. The third-order valence-corrected chi connectivity index (χ3v) is 10.2. The van der Waals surface area contributed by atoms with Crippen LogP contribution in [0.25, 0.3) is 66.1 Å². The number of ether oxygens (including phenoxy) is 2. The summed E-state index contributed by atoms with van der Waals surface area (Å²) in [6, 6.07) is 52.0. The predicted octanol–water partition coefficient (Wildman–Crippen LogP) is 12.5. The average molecular weight is 715 g/mol. The summed E-state index contributed by atoms with van der Waals surface area (Å²) in [4.78, 5) is 0. The monoisotopic (exact) mass is 714 g/mol. The van der Waals surface area contributed by atoms with E-state index in [4.69, 9.17) is 9.47 Å². The van der Waals surface area contributed by atoms with Gasteiger partial charge < -0.3 is 19.7 Å². The summed E-state index contributed by atoms with van der Waals surface area (Å²) in [5.41, 5.74) is 8.76. The Morgan fingerprint density at radius 3 is 1.15 bits per heavy atom. The molecule has 0 aliphatic rings. The highest BCUT2D eigenvalue weighted by Gasteiger charge is 2.17. The normalized spacial score (nSPS) is 11.3. The maximum absolute atomic E-state index is 9.29. The smallest absolute Gasteiger partial charge is 0.128 e. The molecule has 54 heavy (non-hydrogen) atoms. The molecule has 4 heteroatoms. The molecule has 274 valence electrons. The van der Waals surface area contributed by atoms with Crippen molar-refractivity contribution in [2.24, 2.45) is 0 Å². The topological polar surface area (TPSA) is 58.9 Å². The van der Waals surface area contributed by atoms with Crippen LogP contribution in [0.2, 0.25) is 0 Å². The molecule has 0 unspecified atom stereocenters. The van der Waals surface area contributed by atoms with Crippen molar-refractivity contribution in [2.45, 2.75) is 51.4 Å². The molecular formula is C50H50O4. The van der Waals surface area contributed by atoms with Gasteiger partial charge in [0.2, 0.25) is 0 Å². The first-order chi connectivity index (χ1) is 26.7. The fourth-order valence-electron chi connectivity index (χ4n) is 7.22. The van der Waals surface area contributed by atoms with Gasteiger partial charge in [0, 0.05) is 24.3 Å². The number of aliphatic hydroxyl groups is 2. The highest BCUT2D eigenvalue weighted by molar-refractivity contribution is 5.90. The van der Waals surface area contributed by atoms with Crippen LogP contribution in [-0.4, -0.2) is 36.6 Å². The molecule has 0 amide bonds. The average Bonchev–Trinajstić information content (AvgIpc) is 3.23. The lowest BCUT2D eigenvalue weighted by Crippen LogP contribution is -2.03. The van der Waals surface area contributed by atoms with Crippen molar-refractivity contribution < 1.29 is 19.7 Å². The van der Waals surface area contributed by atoms with E-state index in [1.54, 1.807) is 0 Å². The molecule has 0 bridgehead atoms. The van der Waals surface area contributed by atoms with E-state index in [1.807, 2.05) is 0 Å². The van der Waals surface area contributed by atoms with Crippen LogP contribution in [0.1, 0.15) is 51.4 Å². The second-order valence-corrected chi connectivity index (χ2v) is 14.1. The zero-order chi connectivity index (χ0) is 37.0. The Morgan fingerprint density at radius 2 is 0.704 bits per heavy atom. The predicted molar refractivity (Wildman–Crippen MR) is 225 cm³/mol. The van der Waals surface area contributed by atoms with Gasteiger partial charge in [-0.15, -0.1) is 0 Å². The molecule has 0 aliphatic carbocycles. The Morgan fingerprint density at radius 1 is 0.315 bits per heavy atom. The van der Waals surface area contributed by atoms with E-state index in [9.17, 15) is 10.2 Å². The van der Waals surface area contributed by atoms with Crippen LogP contribution in [0, 0.1) is 0 Å². The molecule has 0 fully saturated rings. The van der Waals surface area contributed by atoms with Crippen LogP contribution in [0.3, 0.4) is 0 Å². The van der Waals surface area contributed by atoms with Gasteiger partial charge in [-0.2, -0.15) is 0 Å². The van der Waals surface area contributed by atoms with E-state index in [0.29, 0.717) is 13.2 Å². The number of aliphatic hydroxyl groups excluding tert-OH is 2. The van der Waals surface area contributed by atoms with Crippen molar-refractivity contribution in [3.8, 4) is 56.0 Å². The molecule has 0 radical (unpaired) electrons. The van der Waals surface area contributed by atoms with Gasteiger partial charge in [0.25, 0.3) is 0 Å².